The lowest BCUT2D eigenvalue weighted by molar-refractivity contribution is -0.113. The summed E-state index contributed by atoms with van der Waals surface area (Å²) in [5.41, 5.74) is 2.16. The van der Waals surface area contributed by atoms with Crippen LogP contribution in [0, 0.1) is 6.92 Å². The number of carbonyl (C=O) groups excluding carboxylic acids is 3. The van der Waals surface area contributed by atoms with Crippen LogP contribution in [0.2, 0.25) is 0 Å². The molecule has 0 spiro atoms. The summed E-state index contributed by atoms with van der Waals surface area (Å²) in [4.78, 5) is 36.5. The molecule has 4 heteroatoms. The first-order valence-corrected chi connectivity index (χ1v) is 7.17. The predicted molar refractivity (Wildman–Crippen MR) is 85.0 cm³/mol. The van der Waals surface area contributed by atoms with E-state index in [-0.39, 0.29) is 11.3 Å². The second-order valence-electron chi connectivity index (χ2n) is 5.39. The number of carbonyl (C=O) groups is 3. The Hall–Kier alpha value is -3.01. The largest absolute Gasteiger partial charge is 0.421 e. The Morgan fingerprint density at radius 3 is 2.13 bits per heavy atom. The van der Waals surface area contributed by atoms with Crippen LogP contribution in [0.15, 0.2) is 54.1 Å². The lowest BCUT2D eigenvalue weighted by Gasteiger charge is -2.08. The molecule has 1 aliphatic rings. The Balaban J connectivity index is 2.02. The van der Waals surface area contributed by atoms with Gasteiger partial charge >= 0.3 is 5.97 Å². The smallest absolute Gasteiger partial charge is 0.343 e. The number of Topliss-reactive ketones (excluding diaryl/α,β-unsaturated/α-hetero) is 2. The summed E-state index contributed by atoms with van der Waals surface area (Å²) in [6, 6.07) is 13.6. The molecule has 114 valence electrons. The molecule has 3 rings (SSSR count). The standard InChI is InChI=1S/C19H14O4/c1-11-7-9-13(10-8-11)19(22)23-18-15-6-4-3-5-14(15)17(21)16(18)12(2)20/h3-10H,1-2H3. The van der Waals surface area contributed by atoms with Gasteiger partial charge in [-0.05, 0) is 26.0 Å². The van der Waals surface area contributed by atoms with E-state index in [1.165, 1.54) is 6.92 Å². The quantitative estimate of drug-likeness (QED) is 0.644. The highest BCUT2D eigenvalue weighted by Crippen LogP contribution is 2.34. The van der Waals surface area contributed by atoms with Gasteiger partial charge in [-0.3, -0.25) is 9.59 Å². The molecule has 0 saturated carbocycles. The summed E-state index contributed by atoms with van der Waals surface area (Å²) in [5.74, 6) is -1.37. The molecule has 0 unspecified atom stereocenters. The third kappa shape index (κ3) is 2.59. The van der Waals surface area contributed by atoms with Crippen LogP contribution >= 0.6 is 0 Å². The zero-order valence-corrected chi connectivity index (χ0v) is 12.8. The molecule has 0 radical (unpaired) electrons. The van der Waals surface area contributed by atoms with E-state index in [0.29, 0.717) is 16.7 Å². The monoisotopic (exact) mass is 306 g/mol. The number of aryl methyl sites for hydroxylation is 1. The maximum Gasteiger partial charge on any atom is 0.343 e. The Morgan fingerprint density at radius 1 is 0.913 bits per heavy atom. The van der Waals surface area contributed by atoms with Crippen molar-refractivity contribution in [2.75, 3.05) is 0 Å². The first-order valence-electron chi connectivity index (χ1n) is 7.17. The second-order valence-corrected chi connectivity index (χ2v) is 5.39. The third-order valence-corrected chi connectivity index (χ3v) is 3.70. The van der Waals surface area contributed by atoms with Crippen LogP contribution in [-0.4, -0.2) is 17.5 Å². The molecule has 0 amide bonds. The van der Waals surface area contributed by atoms with Crippen LogP contribution < -0.4 is 0 Å². The normalized spacial score (nSPS) is 13.0. The van der Waals surface area contributed by atoms with E-state index < -0.39 is 17.5 Å². The van der Waals surface area contributed by atoms with Gasteiger partial charge in [0.1, 0.15) is 5.57 Å². The second kappa shape index (κ2) is 5.65. The van der Waals surface area contributed by atoms with Crippen LogP contribution in [0.4, 0.5) is 0 Å². The Labute approximate surface area is 133 Å². The summed E-state index contributed by atoms with van der Waals surface area (Å²) in [6.45, 7) is 3.20. The number of hydrogen-bond acceptors (Lipinski definition) is 4. The van der Waals surface area contributed by atoms with Crippen LogP contribution in [0.3, 0.4) is 0 Å². The van der Waals surface area contributed by atoms with Crippen molar-refractivity contribution in [1.82, 2.24) is 0 Å². The topological polar surface area (TPSA) is 60.4 Å². The van der Waals surface area contributed by atoms with Gasteiger partial charge in [-0.15, -0.1) is 0 Å². The van der Waals surface area contributed by atoms with Crippen molar-refractivity contribution < 1.29 is 19.1 Å². The Bertz CT molecular complexity index is 857. The highest BCUT2D eigenvalue weighted by molar-refractivity contribution is 6.34. The number of benzene rings is 2. The molecule has 0 saturated heterocycles. The summed E-state index contributed by atoms with van der Waals surface area (Å²) >= 11 is 0. The Morgan fingerprint density at radius 2 is 1.52 bits per heavy atom. The van der Waals surface area contributed by atoms with Gasteiger partial charge in [-0.25, -0.2) is 4.79 Å². The number of allylic oxidation sites excluding steroid dienone is 1. The molecular formula is C19H14O4. The summed E-state index contributed by atoms with van der Waals surface area (Å²) in [7, 11) is 0. The average Bonchev–Trinajstić information content (AvgIpc) is 2.81. The summed E-state index contributed by atoms with van der Waals surface area (Å²) < 4.78 is 5.41. The minimum Gasteiger partial charge on any atom is -0.421 e. The number of ether oxygens (including phenoxy) is 1. The minimum absolute atomic E-state index is 0.0451. The van der Waals surface area contributed by atoms with Crippen molar-refractivity contribution >= 4 is 23.3 Å². The van der Waals surface area contributed by atoms with Crippen LogP contribution in [0.25, 0.3) is 5.76 Å². The molecule has 0 N–H and O–H groups in total. The molecule has 23 heavy (non-hydrogen) atoms. The van der Waals surface area contributed by atoms with Crippen molar-refractivity contribution in [3.05, 3.63) is 76.4 Å². The van der Waals surface area contributed by atoms with Crippen LogP contribution in [0.5, 0.6) is 0 Å². The fourth-order valence-electron chi connectivity index (χ4n) is 2.52. The van der Waals surface area contributed by atoms with Crippen molar-refractivity contribution in [3.63, 3.8) is 0 Å². The molecule has 2 aromatic rings. The van der Waals surface area contributed by atoms with E-state index in [1.807, 2.05) is 6.92 Å². The number of ketones is 2. The van der Waals surface area contributed by atoms with Crippen molar-refractivity contribution in [3.8, 4) is 0 Å². The van der Waals surface area contributed by atoms with Gasteiger partial charge in [0, 0.05) is 11.1 Å². The first-order chi connectivity index (χ1) is 11.0. The minimum atomic E-state index is -0.594. The molecule has 0 heterocycles. The third-order valence-electron chi connectivity index (χ3n) is 3.70. The van der Waals surface area contributed by atoms with Gasteiger partial charge in [0.25, 0.3) is 0 Å². The number of hydrogen-bond donors (Lipinski definition) is 0. The zero-order chi connectivity index (χ0) is 16.6. The van der Waals surface area contributed by atoms with Crippen molar-refractivity contribution in [1.29, 1.82) is 0 Å². The first kappa shape index (κ1) is 14.9. The van der Waals surface area contributed by atoms with Gasteiger partial charge in [0.2, 0.25) is 5.78 Å². The zero-order valence-electron chi connectivity index (χ0n) is 12.8. The van der Waals surface area contributed by atoms with E-state index in [1.54, 1.807) is 48.5 Å². The Kier molecular flexibility index (Phi) is 3.66. The lowest BCUT2D eigenvalue weighted by Crippen LogP contribution is -2.10. The highest BCUT2D eigenvalue weighted by Gasteiger charge is 2.34. The molecular weight excluding hydrogens is 292 g/mol. The van der Waals surface area contributed by atoms with Gasteiger partial charge in [-0.2, -0.15) is 0 Å². The van der Waals surface area contributed by atoms with Gasteiger partial charge in [0.05, 0.1) is 5.56 Å². The van der Waals surface area contributed by atoms with E-state index in [9.17, 15) is 14.4 Å². The number of esters is 1. The molecule has 1 aliphatic carbocycles. The average molecular weight is 306 g/mol. The van der Waals surface area contributed by atoms with Crippen molar-refractivity contribution in [2.24, 2.45) is 0 Å². The molecule has 0 aliphatic heterocycles. The molecule has 4 nitrogen and oxygen atoms in total. The van der Waals surface area contributed by atoms with Gasteiger partial charge < -0.3 is 4.74 Å². The molecule has 0 fully saturated rings. The SMILES string of the molecule is CC(=O)C1=C(OC(=O)c2ccc(C)cc2)c2ccccc2C1=O. The van der Waals surface area contributed by atoms with E-state index >= 15 is 0 Å². The highest BCUT2D eigenvalue weighted by atomic mass is 16.5. The molecule has 0 bridgehead atoms. The maximum absolute atomic E-state index is 12.3. The predicted octanol–water partition coefficient (Wildman–Crippen LogP) is 3.35. The fourth-order valence-corrected chi connectivity index (χ4v) is 2.52. The fraction of sp³-hybridized carbons (Fsp3) is 0.105. The molecule has 0 atom stereocenters. The number of fused-ring (bicyclic) bond motifs is 1. The lowest BCUT2D eigenvalue weighted by atomic mass is 10.1. The summed E-state index contributed by atoms with van der Waals surface area (Å²) in [5, 5.41) is 0. The van der Waals surface area contributed by atoms with E-state index in [0.717, 1.165) is 5.56 Å². The summed E-state index contributed by atoms with van der Waals surface area (Å²) in [6.07, 6.45) is 0. The van der Waals surface area contributed by atoms with Crippen molar-refractivity contribution in [2.45, 2.75) is 13.8 Å². The van der Waals surface area contributed by atoms with E-state index in [2.05, 4.69) is 0 Å². The molecule has 0 aromatic heterocycles. The van der Waals surface area contributed by atoms with E-state index in [4.69, 9.17) is 4.74 Å². The van der Waals surface area contributed by atoms with Gasteiger partial charge in [-0.1, -0.05) is 42.0 Å². The number of rotatable bonds is 3. The maximum atomic E-state index is 12.3. The van der Waals surface area contributed by atoms with Crippen LogP contribution in [0.1, 0.15) is 38.8 Å². The van der Waals surface area contributed by atoms with Crippen LogP contribution in [-0.2, 0) is 9.53 Å². The molecule has 2 aromatic carbocycles. The van der Waals surface area contributed by atoms with Gasteiger partial charge in [0.15, 0.2) is 11.5 Å².